The molecular formula is C18H20BrNO. The van der Waals surface area contributed by atoms with Gasteiger partial charge in [0.2, 0.25) is 0 Å². The molecule has 21 heavy (non-hydrogen) atoms. The van der Waals surface area contributed by atoms with Gasteiger partial charge < -0.3 is 5.32 Å². The second kappa shape index (κ2) is 6.02. The van der Waals surface area contributed by atoms with Gasteiger partial charge in [-0.05, 0) is 41.7 Å². The monoisotopic (exact) mass is 345 g/mol. The molecule has 0 saturated carbocycles. The average molecular weight is 346 g/mol. The Morgan fingerprint density at radius 3 is 2.43 bits per heavy atom. The van der Waals surface area contributed by atoms with E-state index in [0.717, 1.165) is 21.3 Å². The highest BCUT2D eigenvalue weighted by molar-refractivity contribution is 9.10. The number of para-hydroxylation sites is 1. The van der Waals surface area contributed by atoms with Gasteiger partial charge in [-0.1, -0.05) is 61.0 Å². The van der Waals surface area contributed by atoms with Gasteiger partial charge in [0.05, 0.1) is 0 Å². The van der Waals surface area contributed by atoms with Gasteiger partial charge in [-0.25, -0.2) is 0 Å². The summed E-state index contributed by atoms with van der Waals surface area (Å²) in [5.41, 5.74) is 3.63. The van der Waals surface area contributed by atoms with Crippen LogP contribution in [-0.4, -0.2) is 5.91 Å². The first kappa shape index (κ1) is 15.8. The minimum absolute atomic E-state index is 0.0177. The van der Waals surface area contributed by atoms with Crippen LogP contribution < -0.4 is 5.32 Å². The molecule has 2 rings (SSSR count). The number of nitrogens with one attached hydrogen (secondary N) is 1. The number of benzene rings is 2. The van der Waals surface area contributed by atoms with Crippen LogP contribution in [0.25, 0.3) is 0 Å². The molecule has 1 amide bonds. The Kier molecular flexibility index (Phi) is 4.52. The predicted octanol–water partition coefficient (Wildman–Crippen LogP) is 5.31. The fourth-order valence-electron chi connectivity index (χ4n) is 2.27. The van der Waals surface area contributed by atoms with E-state index in [4.69, 9.17) is 0 Å². The highest BCUT2D eigenvalue weighted by Crippen LogP contribution is 2.29. The number of anilines is 1. The van der Waals surface area contributed by atoms with E-state index in [-0.39, 0.29) is 11.3 Å². The lowest BCUT2D eigenvalue weighted by Crippen LogP contribution is -2.19. The Balaban J connectivity index is 2.35. The molecule has 2 aromatic rings. The van der Waals surface area contributed by atoms with Crippen LogP contribution in [0.2, 0.25) is 0 Å². The minimum Gasteiger partial charge on any atom is -0.322 e. The van der Waals surface area contributed by atoms with E-state index in [1.807, 2.05) is 43.3 Å². The van der Waals surface area contributed by atoms with Gasteiger partial charge in [0.1, 0.15) is 0 Å². The fourth-order valence-corrected chi connectivity index (χ4v) is 2.64. The zero-order valence-electron chi connectivity index (χ0n) is 12.8. The molecule has 0 aromatic heterocycles. The minimum atomic E-state index is -0.0782. The highest BCUT2D eigenvalue weighted by Gasteiger charge is 2.19. The summed E-state index contributed by atoms with van der Waals surface area (Å²) >= 11 is 3.42. The van der Waals surface area contributed by atoms with Gasteiger partial charge in [-0.2, -0.15) is 0 Å². The Morgan fingerprint density at radius 2 is 1.76 bits per heavy atom. The van der Waals surface area contributed by atoms with E-state index >= 15 is 0 Å². The van der Waals surface area contributed by atoms with Crippen molar-refractivity contribution in [3.63, 3.8) is 0 Å². The summed E-state index contributed by atoms with van der Waals surface area (Å²) in [7, 11) is 0. The number of amides is 1. The molecule has 0 atom stereocenters. The quantitative estimate of drug-likeness (QED) is 0.785. The van der Waals surface area contributed by atoms with Crippen molar-refractivity contribution in [3.8, 4) is 0 Å². The Labute approximate surface area is 134 Å². The summed E-state index contributed by atoms with van der Waals surface area (Å²) in [6.07, 6.45) is 0. The molecule has 2 nitrogen and oxygen atoms in total. The zero-order valence-corrected chi connectivity index (χ0v) is 14.4. The standard InChI is InChI=1S/C18H20BrNO/c1-12-9-10-13(19)11-14(12)17(21)20-16-8-6-5-7-15(16)18(2,3)4/h5-11H,1-4H3,(H,20,21). The van der Waals surface area contributed by atoms with Crippen LogP contribution in [-0.2, 0) is 5.41 Å². The van der Waals surface area contributed by atoms with E-state index in [1.165, 1.54) is 0 Å². The lowest BCUT2D eigenvalue weighted by molar-refractivity contribution is 0.102. The van der Waals surface area contributed by atoms with Gasteiger partial charge in [-0.15, -0.1) is 0 Å². The van der Waals surface area contributed by atoms with Crippen molar-refractivity contribution in [1.82, 2.24) is 0 Å². The molecule has 0 bridgehead atoms. The summed E-state index contributed by atoms with van der Waals surface area (Å²) in [5.74, 6) is -0.0782. The van der Waals surface area contributed by atoms with Gasteiger partial charge in [0.25, 0.3) is 5.91 Å². The molecule has 0 radical (unpaired) electrons. The molecule has 0 aliphatic rings. The lowest BCUT2D eigenvalue weighted by atomic mass is 9.86. The van der Waals surface area contributed by atoms with Gasteiger partial charge in [0, 0.05) is 15.7 Å². The molecule has 0 aliphatic heterocycles. The van der Waals surface area contributed by atoms with Crippen LogP contribution in [0, 0.1) is 6.92 Å². The maximum absolute atomic E-state index is 12.5. The number of rotatable bonds is 2. The number of hydrogen-bond acceptors (Lipinski definition) is 1. The molecule has 0 saturated heterocycles. The van der Waals surface area contributed by atoms with Crippen molar-refractivity contribution < 1.29 is 4.79 Å². The van der Waals surface area contributed by atoms with Crippen molar-refractivity contribution in [2.24, 2.45) is 0 Å². The van der Waals surface area contributed by atoms with Crippen molar-refractivity contribution in [2.75, 3.05) is 5.32 Å². The van der Waals surface area contributed by atoms with Crippen molar-refractivity contribution >= 4 is 27.5 Å². The number of halogens is 1. The molecule has 0 unspecified atom stereocenters. The molecule has 0 spiro atoms. The molecule has 0 fully saturated rings. The summed E-state index contributed by atoms with van der Waals surface area (Å²) in [4.78, 5) is 12.5. The largest absolute Gasteiger partial charge is 0.322 e. The molecule has 0 aliphatic carbocycles. The molecule has 1 N–H and O–H groups in total. The Hall–Kier alpha value is -1.61. The van der Waals surface area contributed by atoms with Gasteiger partial charge in [0.15, 0.2) is 0 Å². The highest BCUT2D eigenvalue weighted by atomic mass is 79.9. The molecule has 0 heterocycles. The van der Waals surface area contributed by atoms with Crippen molar-refractivity contribution in [3.05, 3.63) is 63.6 Å². The third kappa shape index (κ3) is 3.73. The summed E-state index contributed by atoms with van der Waals surface area (Å²) in [6, 6.07) is 13.7. The van der Waals surface area contributed by atoms with Crippen LogP contribution in [0.3, 0.4) is 0 Å². The van der Waals surface area contributed by atoms with Crippen LogP contribution in [0.4, 0.5) is 5.69 Å². The number of carbonyl (C=O) groups excluding carboxylic acids is 1. The molecular weight excluding hydrogens is 326 g/mol. The molecule has 2 aromatic carbocycles. The predicted molar refractivity (Wildman–Crippen MR) is 92.0 cm³/mol. The Bertz CT molecular complexity index is 671. The number of aryl methyl sites for hydroxylation is 1. The number of hydrogen-bond donors (Lipinski definition) is 1. The number of carbonyl (C=O) groups is 1. The summed E-state index contributed by atoms with van der Waals surface area (Å²) in [5, 5.41) is 3.04. The molecule has 110 valence electrons. The van der Waals surface area contributed by atoms with Crippen molar-refractivity contribution in [1.29, 1.82) is 0 Å². The first-order chi connectivity index (χ1) is 9.79. The topological polar surface area (TPSA) is 29.1 Å². The second-order valence-corrected chi connectivity index (χ2v) is 7.12. The van der Waals surface area contributed by atoms with Crippen molar-refractivity contribution in [2.45, 2.75) is 33.1 Å². The smallest absolute Gasteiger partial charge is 0.255 e. The Morgan fingerprint density at radius 1 is 1.10 bits per heavy atom. The third-order valence-corrected chi connectivity index (χ3v) is 3.92. The third-order valence-electron chi connectivity index (χ3n) is 3.43. The second-order valence-electron chi connectivity index (χ2n) is 6.21. The van der Waals surface area contributed by atoms with Gasteiger partial charge >= 0.3 is 0 Å². The van der Waals surface area contributed by atoms with E-state index in [0.29, 0.717) is 5.56 Å². The molecule has 3 heteroatoms. The zero-order chi connectivity index (χ0) is 15.6. The lowest BCUT2D eigenvalue weighted by Gasteiger charge is -2.23. The normalized spacial score (nSPS) is 11.3. The van der Waals surface area contributed by atoms with Crippen LogP contribution in [0.5, 0.6) is 0 Å². The van der Waals surface area contributed by atoms with Crippen LogP contribution >= 0.6 is 15.9 Å². The average Bonchev–Trinajstić information content (AvgIpc) is 2.41. The van der Waals surface area contributed by atoms with E-state index in [1.54, 1.807) is 0 Å². The van der Waals surface area contributed by atoms with Crippen LogP contribution in [0.1, 0.15) is 42.3 Å². The summed E-state index contributed by atoms with van der Waals surface area (Å²) < 4.78 is 0.905. The van der Waals surface area contributed by atoms with E-state index in [2.05, 4.69) is 48.1 Å². The van der Waals surface area contributed by atoms with E-state index in [9.17, 15) is 4.79 Å². The fraction of sp³-hybridized carbons (Fsp3) is 0.278. The van der Waals surface area contributed by atoms with Gasteiger partial charge in [-0.3, -0.25) is 4.79 Å². The first-order valence-electron chi connectivity index (χ1n) is 6.96. The maximum atomic E-state index is 12.5. The SMILES string of the molecule is Cc1ccc(Br)cc1C(=O)Nc1ccccc1C(C)(C)C. The van der Waals surface area contributed by atoms with Crippen LogP contribution in [0.15, 0.2) is 46.9 Å². The maximum Gasteiger partial charge on any atom is 0.255 e. The van der Waals surface area contributed by atoms with E-state index < -0.39 is 0 Å². The summed E-state index contributed by atoms with van der Waals surface area (Å²) in [6.45, 7) is 8.37. The first-order valence-corrected chi connectivity index (χ1v) is 7.75.